The van der Waals surface area contributed by atoms with Crippen LogP contribution in [0.15, 0.2) is 18.2 Å². The van der Waals surface area contributed by atoms with E-state index in [4.69, 9.17) is 9.47 Å². The average molecular weight is 206 g/mol. The predicted octanol–water partition coefficient (Wildman–Crippen LogP) is 1.84. The summed E-state index contributed by atoms with van der Waals surface area (Å²) in [7, 11) is 1.62. The highest BCUT2D eigenvalue weighted by Crippen LogP contribution is 2.36. The van der Waals surface area contributed by atoms with Crippen LogP contribution in [0.1, 0.15) is 12.5 Å². The fraction of sp³-hybridized carbons (Fsp3) is 0.417. The molecule has 0 spiro atoms. The zero-order chi connectivity index (χ0) is 10.8. The van der Waals surface area contributed by atoms with Crippen molar-refractivity contribution in [3.8, 4) is 11.5 Å². The van der Waals surface area contributed by atoms with Crippen LogP contribution in [0.25, 0.3) is 0 Å². The van der Waals surface area contributed by atoms with Crippen molar-refractivity contribution in [2.24, 2.45) is 5.92 Å². The van der Waals surface area contributed by atoms with Crippen molar-refractivity contribution >= 4 is 5.78 Å². The van der Waals surface area contributed by atoms with Gasteiger partial charge >= 0.3 is 0 Å². The lowest BCUT2D eigenvalue weighted by Gasteiger charge is -2.24. The molecule has 1 heterocycles. The number of carbonyl (C=O) groups is 1. The molecule has 3 heteroatoms. The molecule has 2 rings (SSSR count). The van der Waals surface area contributed by atoms with Gasteiger partial charge in [-0.1, -0.05) is 12.1 Å². The first-order valence-corrected chi connectivity index (χ1v) is 5.01. The quantitative estimate of drug-likeness (QED) is 0.740. The fourth-order valence-corrected chi connectivity index (χ4v) is 1.82. The van der Waals surface area contributed by atoms with E-state index in [1.165, 1.54) is 0 Å². The van der Waals surface area contributed by atoms with Gasteiger partial charge in [0.1, 0.15) is 5.78 Å². The molecule has 0 aliphatic carbocycles. The zero-order valence-corrected chi connectivity index (χ0v) is 8.95. The lowest BCUT2D eigenvalue weighted by molar-refractivity contribution is -0.121. The molecule has 1 atom stereocenters. The molecule has 1 unspecified atom stereocenters. The Balaban J connectivity index is 2.31. The normalized spacial score (nSPS) is 18.9. The molecule has 0 amide bonds. The SMILES string of the molecule is COc1cccc2c1OCC(C(C)=O)C2. The molecular formula is C12H14O3. The second kappa shape index (κ2) is 3.93. The third-order valence-corrected chi connectivity index (χ3v) is 2.75. The smallest absolute Gasteiger partial charge is 0.164 e. The van der Waals surface area contributed by atoms with E-state index >= 15 is 0 Å². The van der Waals surface area contributed by atoms with Crippen LogP contribution in [0.5, 0.6) is 11.5 Å². The van der Waals surface area contributed by atoms with E-state index in [0.29, 0.717) is 6.61 Å². The summed E-state index contributed by atoms with van der Waals surface area (Å²) in [6.07, 6.45) is 0.752. The number of carbonyl (C=O) groups excluding carboxylic acids is 1. The number of para-hydroxylation sites is 1. The number of hydrogen-bond donors (Lipinski definition) is 0. The fourth-order valence-electron chi connectivity index (χ4n) is 1.82. The molecule has 3 nitrogen and oxygen atoms in total. The van der Waals surface area contributed by atoms with Crippen LogP contribution in [-0.2, 0) is 11.2 Å². The third kappa shape index (κ3) is 1.82. The second-order valence-corrected chi connectivity index (χ2v) is 3.77. The molecule has 80 valence electrons. The third-order valence-electron chi connectivity index (χ3n) is 2.75. The van der Waals surface area contributed by atoms with Gasteiger partial charge in [0.05, 0.1) is 19.6 Å². The monoisotopic (exact) mass is 206 g/mol. The van der Waals surface area contributed by atoms with E-state index in [2.05, 4.69) is 0 Å². The minimum Gasteiger partial charge on any atom is -0.493 e. The van der Waals surface area contributed by atoms with Gasteiger partial charge in [0, 0.05) is 0 Å². The minimum absolute atomic E-state index is 0.00962. The van der Waals surface area contributed by atoms with Crippen molar-refractivity contribution < 1.29 is 14.3 Å². The molecule has 1 aliphatic heterocycles. The maximum atomic E-state index is 11.3. The lowest BCUT2D eigenvalue weighted by atomic mass is 9.94. The number of ketones is 1. The standard InChI is InChI=1S/C12H14O3/c1-8(13)10-6-9-4-3-5-11(14-2)12(9)15-7-10/h3-5,10H,6-7H2,1-2H3. The van der Waals surface area contributed by atoms with Gasteiger partial charge in [0.2, 0.25) is 0 Å². The largest absolute Gasteiger partial charge is 0.493 e. The lowest BCUT2D eigenvalue weighted by Crippen LogP contribution is -2.26. The summed E-state index contributed by atoms with van der Waals surface area (Å²) in [4.78, 5) is 11.3. The van der Waals surface area contributed by atoms with Gasteiger partial charge in [-0.15, -0.1) is 0 Å². The highest BCUT2D eigenvalue weighted by atomic mass is 16.5. The molecule has 0 saturated carbocycles. The molecular weight excluding hydrogens is 192 g/mol. The van der Waals surface area contributed by atoms with Gasteiger partial charge in [-0.2, -0.15) is 0 Å². The van der Waals surface area contributed by atoms with Crippen LogP contribution >= 0.6 is 0 Å². The first-order chi connectivity index (χ1) is 7.22. The van der Waals surface area contributed by atoms with Crippen LogP contribution in [0, 0.1) is 5.92 Å². The summed E-state index contributed by atoms with van der Waals surface area (Å²) >= 11 is 0. The number of hydrogen-bond acceptors (Lipinski definition) is 3. The Morgan fingerprint density at radius 2 is 2.33 bits per heavy atom. The molecule has 15 heavy (non-hydrogen) atoms. The van der Waals surface area contributed by atoms with Gasteiger partial charge in [-0.25, -0.2) is 0 Å². The summed E-state index contributed by atoms with van der Waals surface area (Å²) in [5, 5.41) is 0. The number of rotatable bonds is 2. The number of fused-ring (bicyclic) bond motifs is 1. The van der Waals surface area contributed by atoms with Crippen LogP contribution in [-0.4, -0.2) is 19.5 Å². The van der Waals surface area contributed by atoms with Crippen molar-refractivity contribution in [2.45, 2.75) is 13.3 Å². The van der Waals surface area contributed by atoms with E-state index < -0.39 is 0 Å². The van der Waals surface area contributed by atoms with Crippen LogP contribution in [0.3, 0.4) is 0 Å². The highest BCUT2D eigenvalue weighted by Gasteiger charge is 2.25. The maximum Gasteiger partial charge on any atom is 0.164 e. The first-order valence-electron chi connectivity index (χ1n) is 5.01. The Kier molecular flexibility index (Phi) is 2.62. The minimum atomic E-state index is -0.00962. The molecule has 0 aromatic heterocycles. The van der Waals surface area contributed by atoms with Gasteiger partial charge < -0.3 is 9.47 Å². The Labute approximate surface area is 89.0 Å². The van der Waals surface area contributed by atoms with Gasteiger partial charge in [0.15, 0.2) is 11.5 Å². The first kappa shape index (κ1) is 10.0. The van der Waals surface area contributed by atoms with E-state index in [0.717, 1.165) is 23.5 Å². The van der Waals surface area contributed by atoms with Gasteiger partial charge in [-0.05, 0) is 25.0 Å². The molecule has 0 radical (unpaired) electrons. The van der Waals surface area contributed by atoms with E-state index in [1.54, 1.807) is 14.0 Å². The Morgan fingerprint density at radius 1 is 1.53 bits per heavy atom. The number of benzene rings is 1. The van der Waals surface area contributed by atoms with Crippen LogP contribution < -0.4 is 9.47 Å². The Bertz CT molecular complexity index is 384. The number of ether oxygens (including phenoxy) is 2. The van der Waals surface area contributed by atoms with Crippen molar-refractivity contribution in [1.82, 2.24) is 0 Å². The van der Waals surface area contributed by atoms with Crippen molar-refractivity contribution in [2.75, 3.05) is 13.7 Å². The van der Waals surface area contributed by atoms with E-state index in [1.807, 2.05) is 18.2 Å². The average Bonchev–Trinajstić information content (AvgIpc) is 2.27. The summed E-state index contributed by atoms with van der Waals surface area (Å²) in [5.74, 6) is 1.71. The molecule has 0 fully saturated rings. The Hall–Kier alpha value is -1.51. The molecule has 1 aromatic rings. The van der Waals surface area contributed by atoms with Gasteiger partial charge in [0.25, 0.3) is 0 Å². The van der Waals surface area contributed by atoms with Crippen LogP contribution in [0.2, 0.25) is 0 Å². The maximum absolute atomic E-state index is 11.3. The molecule has 1 aliphatic rings. The van der Waals surface area contributed by atoms with Crippen molar-refractivity contribution in [1.29, 1.82) is 0 Å². The highest BCUT2D eigenvalue weighted by molar-refractivity contribution is 5.79. The Morgan fingerprint density at radius 3 is 3.00 bits per heavy atom. The summed E-state index contributed by atoms with van der Waals surface area (Å²) in [6, 6.07) is 5.77. The topological polar surface area (TPSA) is 35.5 Å². The summed E-state index contributed by atoms with van der Waals surface area (Å²) in [6.45, 7) is 2.07. The number of methoxy groups -OCH3 is 1. The van der Waals surface area contributed by atoms with Crippen molar-refractivity contribution in [3.05, 3.63) is 23.8 Å². The summed E-state index contributed by atoms with van der Waals surface area (Å²) < 4.78 is 10.8. The van der Waals surface area contributed by atoms with Crippen molar-refractivity contribution in [3.63, 3.8) is 0 Å². The molecule has 0 saturated heterocycles. The summed E-state index contributed by atoms with van der Waals surface area (Å²) in [5.41, 5.74) is 1.06. The zero-order valence-electron chi connectivity index (χ0n) is 8.95. The molecule has 0 N–H and O–H groups in total. The van der Waals surface area contributed by atoms with E-state index in [9.17, 15) is 4.79 Å². The van der Waals surface area contributed by atoms with E-state index in [-0.39, 0.29) is 11.7 Å². The van der Waals surface area contributed by atoms with Crippen LogP contribution in [0.4, 0.5) is 0 Å². The molecule has 1 aromatic carbocycles. The number of Topliss-reactive ketones (excluding diaryl/α,β-unsaturated/α-hetero) is 1. The predicted molar refractivity (Wildman–Crippen MR) is 56.4 cm³/mol. The van der Waals surface area contributed by atoms with Gasteiger partial charge in [-0.3, -0.25) is 4.79 Å². The molecule has 0 bridgehead atoms. The second-order valence-electron chi connectivity index (χ2n) is 3.77.